The van der Waals surface area contributed by atoms with Gasteiger partial charge in [-0.1, -0.05) is 0 Å². The summed E-state index contributed by atoms with van der Waals surface area (Å²) < 4.78 is 0. The minimum atomic E-state index is -0.366. The molecule has 0 amide bonds. The predicted octanol–water partition coefficient (Wildman–Crippen LogP) is -1.60. The molecular weight excluding hydrogens is 365 g/mol. The summed E-state index contributed by atoms with van der Waals surface area (Å²) >= 11 is 15.3. The van der Waals surface area contributed by atoms with Crippen LogP contribution >= 0.6 is 34.8 Å². The van der Waals surface area contributed by atoms with E-state index in [1.54, 1.807) is 0 Å². The Kier molecular flexibility index (Phi) is 34.9. The minimum absolute atomic E-state index is 0. The Balaban J connectivity index is -0.0000000655. The smallest absolute Gasteiger partial charge is 0.0924 e. The second kappa shape index (κ2) is 21.5. The standard InChI is InChI=1S/3C2H7ClN2.Rh/c3*3-2(5)1-4;/h3*2H,1,4-5H2;. The average molecular weight is 387 g/mol. The zero-order chi connectivity index (χ0) is 12.9. The fourth-order valence-corrected chi connectivity index (χ4v) is 0. The van der Waals surface area contributed by atoms with Crippen molar-refractivity contribution in [3.05, 3.63) is 0 Å². The van der Waals surface area contributed by atoms with E-state index in [1.165, 1.54) is 0 Å². The van der Waals surface area contributed by atoms with E-state index in [9.17, 15) is 0 Å². The number of alkyl halides is 3. The van der Waals surface area contributed by atoms with Gasteiger partial charge in [0.15, 0.2) is 0 Å². The third-order valence-electron chi connectivity index (χ3n) is 0.676. The monoisotopic (exact) mass is 385 g/mol. The molecule has 0 fully saturated rings. The molecule has 0 aromatic carbocycles. The fourth-order valence-electron chi connectivity index (χ4n) is 0. The summed E-state index contributed by atoms with van der Waals surface area (Å²) in [6.45, 7) is 1.05. The first kappa shape index (κ1) is 25.9. The van der Waals surface area contributed by atoms with E-state index in [1.807, 2.05) is 0 Å². The van der Waals surface area contributed by atoms with Crippen molar-refractivity contribution >= 4 is 34.8 Å². The third-order valence-corrected chi connectivity index (χ3v) is 1.21. The summed E-state index contributed by atoms with van der Waals surface area (Å²) in [6.07, 6.45) is 0. The van der Waals surface area contributed by atoms with Gasteiger partial charge in [-0.3, -0.25) is 0 Å². The Bertz CT molecular complexity index is 89.2. The number of nitrogens with two attached hydrogens (primary N) is 6. The number of hydrogen-bond acceptors (Lipinski definition) is 6. The topological polar surface area (TPSA) is 156 Å². The molecule has 12 N–H and O–H groups in total. The van der Waals surface area contributed by atoms with E-state index in [0.717, 1.165) is 0 Å². The van der Waals surface area contributed by atoms with Crippen LogP contribution in [0.5, 0.6) is 0 Å². The van der Waals surface area contributed by atoms with E-state index in [4.69, 9.17) is 69.2 Å². The second-order valence-corrected chi connectivity index (χ2v) is 3.94. The van der Waals surface area contributed by atoms with Crippen molar-refractivity contribution in [1.82, 2.24) is 0 Å². The first-order valence-corrected chi connectivity index (χ1v) is 5.41. The molecule has 0 aromatic rings. The van der Waals surface area contributed by atoms with Crippen LogP contribution < -0.4 is 34.4 Å². The molecule has 1 radical (unpaired) electrons. The first-order chi connectivity index (χ1) is 6.81. The van der Waals surface area contributed by atoms with Crippen LogP contribution in [0.4, 0.5) is 0 Å². The maximum absolute atomic E-state index is 5.11. The molecule has 0 bridgehead atoms. The van der Waals surface area contributed by atoms with Gasteiger partial charge in [0.05, 0.1) is 16.5 Å². The van der Waals surface area contributed by atoms with Gasteiger partial charge in [-0.05, 0) is 0 Å². The van der Waals surface area contributed by atoms with Crippen LogP contribution in [0.15, 0.2) is 0 Å². The maximum atomic E-state index is 5.11. The van der Waals surface area contributed by atoms with Crippen molar-refractivity contribution in [2.45, 2.75) is 16.5 Å². The summed E-state index contributed by atoms with van der Waals surface area (Å²) in [4.78, 5) is 0. The molecule has 0 aromatic heterocycles. The molecule has 3 unspecified atom stereocenters. The van der Waals surface area contributed by atoms with E-state index in [0.29, 0.717) is 19.6 Å². The Labute approximate surface area is 124 Å². The molecular formula is C6H21Cl3N6Rh. The maximum Gasteiger partial charge on any atom is 0.0924 e. The quantitative estimate of drug-likeness (QED) is 0.195. The molecule has 0 aliphatic heterocycles. The van der Waals surface area contributed by atoms with Gasteiger partial charge in [0, 0.05) is 39.1 Å². The van der Waals surface area contributed by atoms with Crippen LogP contribution in [-0.2, 0) is 19.5 Å². The number of halogens is 3. The normalized spacial score (nSPS) is 14.1. The molecule has 0 heterocycles. The van der Waals surface area contributed by atoms with Gasteiger partial charge in [-0.2, -0.15) is 0 Å². The summed E-state index contributed by atoms with van der Waals surface area (Å²) in [5, 5.41) is 0. The Morgan fingerprint density at radius 3 is 0.688 bits per heavy atom. The van der Waals surface area contributed by atoms with Crippen molar-refractivity contribution in [3.63, 3.8) is 0 Å². The van der Waals surface area contributed by atoms with Crippen LogP contribution in [-0.4, -0.2) is 36.1 Å². The second-order valence-electron chi connectivity index (χ2n) is 2.26. The van der Waals surface area contributed by atoms with Crippen molar-refractivity contribution in [3.8, 4) is 0 Å². The summed E-state index contributed by atoms with van der Waals surface area (Å²) in [5.41, 5.74) is 28.4. The molecule has 0 aliphatic carbocycles. The van der Waals surface area contributed by atoms with Crippen LogP contribution in [0.2, 0.25) is 0 Å². The molecule has 6 nitrogen and oxygen atoms in total. The molecule has 105 valence electrons. The van der Waals surface area contributed by atoms with Gasteiger partial charge < -0.3 is 34.4 Å². The minimum Gasteiger partial charge on any atom is -0.328 e. The van der Waals surface area contributed by atoms with Crippen LogP contribution in [0.1, 0.15) is 0 Å². The Hall–Kier alpha value is 1.25. The first-order valence-electron chi connectivity index (χ1n) is 4.10. The number of rotatable bonds is 3. The average Bonchev–Trinajstić information content (AvgIpc) is 2.19. The molecule has 16 heavy (non-hydrogen) atoms. The predicted molar refractivity (Wildman–Crippen MR) is 68.6 cm³/mol. The molecule has 0 rings (SSSR count). The summed E-state index contributed by atoms with van der Waals surface area (Å²) in [5.74, 6) is 0. The van der Waals surface area contributed by atoms with Crippen LogP contribution in [0.25, 0.3) is 0 Å². The van der Waals surface area contributed by atoms with Gasteiger partial charge in [0.1, 0.15) is 0 Å². The van der Waals surface area contributed by atoms with Crippen molar-refractivity contribution < 1.29 is 19.5 Å². The van der Waals surface area contributed by atoms with Gasteiger partial charge in [0.25, 0.3) is 0 Å². The molecule has 3 atom stereocenters. The van der Waals surface area contributed by atoms with Gasteiger partial charge in [-0.15, -0.1) is 34.8 Å². The zero-order valence-corrected chi connectivity index (χ0v) is 12.7. The van der Waals surface area contributed by atoms with Crippen molar-refractivity contribution in [2.75, 3.05) is 19.6 Å². The van der Waals surface area contributed by atoms with Crippen molar-refractivity contribution in [2.24, 2.45) is 34.4 Å². The van der Waals surface area contributed by atoms with E-state index >= 15 is 0 Å². The molecule has 0 saturated carbocycles. The molecule has 0 saturated heterocycles. The Morgan fingerprint density at radius 2 is 0.688 bits per heavy atom. The van der Waals surface area contributed by atoms with E-state index in [-0.39, 0.29) is 36.0 Å². The van der Waals surface area contributed by atoms with Crippen molar-refractivity contribution in [1.29, 1.82) is 0 Å². The fraction of sp³-hybridized carbons (Fsp3) is 1.00. The largest absolute Gasteiger partial charge is 0.328 e. The SMILES string of the molecule is NCC(N)Cl.NCC(N)Cl.NCC(N)Cl.[Rh]. The third kappa shape index (κ3) is 58.9. The summed E-state index contributed by atoms with van der Waals surface area (Å²) in [7, 11) is 0. The van der Waals surface area contributed by atoms with E-state index < -0.39 is 0 Å². The Morgan fingerprint density at radius 1 is 0.625 bits per heavy atom. The van der Waals surface area contributed by atoms with Gasteiger partial charge in [-0.25, -0.2) is 0 Å². The van der Waals surface area contributed by atoms with Gasteiger partial charge in [0.2, 0.25) is 0 Å². The molecule has 0 spiro atoms. The van der Waals surface area contributed by atoms with E-state index in [2.05, 4.69) is 0 Å². The van der Waals surface area contributed by atoms with Gasteiger partial charge >= 0.3 is 0 Å². The van der Waals surface area contributed by atoms with Crippen LogP contribution in [0.3, 0.4) is 0 Å². The zero-order valence-electron chi connectivity index (χ0n) is 8.78. The van der Waals surface area contributed by atoms with Crippen LogP contribution in [0, 0.1) is 0 Å². The number of hydrogen-bond donors (Lipinski definition) is 6. The summed E-state index contributed by atoms with van der Waals surface area (Å²) in [6, 6.07) is 0. The molecule has 10 heteroatoms. The molecule has 0 aliphatic rings.